The number of rotatable bonds is 5. The Hall–Kier alpha value is -0.459. The number of carbonyl (C=O) groups is 2. The molecule has 1 fully saturated rings. The average molecular weight is 440 g/mol. The van der Waals surface area contributed by atoms with Crippen molar-refractivity contribution in [3.63, 3.8) is 0 Å². The minimum Gasteiger partial charge on any atom is -0.560 e. The molecular weight excluding hydrogens is 422 g/mol. The number of thioether (sulfide) groups is 1. The second kappa shape index (κ2) is 12.3. The molecule has 0 saturated carbocycles. The van der Waals surface area contributed by atoms with Gasteiger partial charge in [-0.3, -0.25) is 14.9 Å². The molecule has 1 heterocycles. The second-order valence-corrected chi connectivity index (χ2v) is 8.34. The largest absolute Gasteiger partial charge is 1.00 e. The Morgan fingerprint density at radius 1 is 1.21 bits per heavy atom. The number of imide groups is 1. The number of carbonyl (C=O) groups excluding carboxylic acids is 2. The zero-order valence-corrected chi connectivity index (χ0v) is 20.4. The van der Waals surface area contributed by atoms with E-state index < -0.39 is 20.5 Å². The van der Waals surface area contributed by atoms with E-state index in [0.29, 0.717) is 5.56 Å². The molecule has 0 spiro atoms. The summed E-state index contributed by atoms with van der Waals surface area (Å²) in [6.45, 7) is 2.14. The van der Waals surface area contributed by atoms with Crippen LogP contribution in [-0.4, -0.2) is 32.1 Å². The maximum absolute atomic E-state index is 11.4. The van der Waals surface area contributed by atoms with Crippen LogP contribution in [0.15, 0.2) is 53.4 Å². The number of sulfonamides is 1. The normalized spacial score (nSPS) is 15.7. The van der Waals surface area contributed by atoms with Crippen LogP contribution < -0.4 is 62.2 Å². The van der Waals surface area contributed by atoms with Crippen molar-refractivity contribution in [1.82, 2.24) is 5.32 Å². The second-order valence-electron chi connectivity index (χ2n) is 5.68. The predicted octanol–water partition coefficient (Wildman–Crippen LogP) is -0.420. The summed E-state index contributed by atoms with van der Waals surface area (Å²) in [5.74, 6) is -0.371. The van der Waals surface area contributed by atoms with Gasteiger partial charge in [-0.05, 0) is 24.1 Å². The molecule has 0 bridgehead atoms. The number of hydrogen-bond acceptors (Lipinski definition) is 5. The summed E-state index contributed by atoms with van der Waals surface area (Å²) in [6, 6.07) is 16.8. The van der Waals surface area contributed by atoms with E-state index in [1.807, 2.05) is 12.1 Å². The third kappa shape index (κ3) is 8.50. The smallest absolute Gasteiger partial charge is 0.560 e. The Bertz CT molecular complexity index is 911. The molecule has 141 valence electrons. The van der Waals surface area contributed by atoms with Crippen molar-refractivity contribution in [2.24, 2.45) is 0 Å². The first-order chi connectivity index (χ1) is 12.8. The van der Waals surface area contributed by atoms with Gasteiger partial charge in [0.15, 0.2) is 0 Å². The summed E-state index contributed by atoms with van der Waals surface area (Å²) in [7, 11) is -1.82. The molecule has 1 radical (unpaired) electrons. The summed E-state index contributed by atoms with van der Waals surface area (Å²) >= 11 is 0.886. The van der Waals surface area contributed by atoms with Crippen molar-refractivity contribution in [2.75, 3.05) is 0 Å². The van der Waals surface area contributed by atoms with Gasteiger partial charge in [0.1, 0.15) is 7.28 Å². The molecular formula is C18H18BKN2O4S2-. The monoisotopic (exact) mass is 440 g/mol. The molecule has 2 aromatic rings. The first-order valence-corrected chi connectivity index (χ1v) is 10.5. The maximum Gasteiger partial charge on any atom is 1.00 e. The van der Waals surface area contributed by atoms with Crippen molar-refractivity contribution in [3.05, 3.63) is 65.3 Å². The molecule has 1 aliphatic heterocycles. The molecule has 1 unspecified atom stereocenters. The van der Waals surface area contributed by atoms with E-state index in [0.717, 1.165) is 18.1 Å². The van der Waals surface area contributed by atoms with E-state index in [-0.39, 0.29) is 68.6 Å². The minimum atomic E-state index is -4.01. The van der Waals surface area contributed by atoms with Crippen molar-refractivity contribution in [2.45, 2.75) is 29.8 Å². The van der Waals surface area contributed by atoms with Gasteiger partial charge in [-0.2, -0.15) is 35.8 Å². The van der Waals surface area contributed by atoms with E-state index in [1.54, 1.807) is 6.07 Å². The number of hydrogen-bond donors (Lipinski definition) is 1. The molecule has 1 aliphatic rings. The van der Waals surface area contributed by atoms with Crippen LogP contribution in [0.3, 0.4) is 0 Å². The van der Waals surface area contributed by atoms with Gasteiger partial charge < -0.3 is 5.14 Å². The van der Waals surface area contributed by atoms with Crippen molar-refractivity contribution in [3.8, 4) is 0 Å². The number of benzene rings is 2. The van der Waals surface area contributed by atoms with Gasteiger partial charge in [0.2, 0.25) is 5.91 Å². The van der Waals surface area contributed by atoms with Crippen molar-refractivity contribution in [1.29, 1.82) is 0 Å². The number of nitrogens with one attached hydrogen (secondary N) is 2. The van der Waals surface area contributed by atoms with Crippen molar-refractivity contribution < 1.29 is 69.4 Å². The predicted molar refractivity (Wildman–Crippen MR) is 108 cm³/mol. The molecule has 0 aromatic heterocycles. The summed E-state index contributed by atoms with van der Waals surface area (Å²) in [5.41, 5.74) is 1.89. The van der Waals surface area contributed by atoms with E-state index in [4.69, 9.17) is 5.14 Å². The zero-order valence-electron chi connectivity index (χ0n) is 15.6. The Balaban J connectivity index is 0.000000332. The van der Waals surface area contributed by atoms with Crippen LogP contribution in [-0.2, 0) is 21.2 Å². The molecule has 2 aromatic carbocycles. The van der Waals surface area contributed by atoms with Crippen LogP contribution in [0, 0.1) is 6.07 Å². The van der Waals surface area contributed by atoms with Gasteiger partial charge >= 0.3 is 51.4 Å². The quantitative estimate of drug-likeness (QED) is 0.503. The SMILES string of the molecule is CC[B]c1cc[c-]cc1.[K+].[NH-]S(=O)(=O)c1cccc(CC2SC(=O)NC2=O)c1. The standard InChI is InChI=1S/C10H10N2O4S2.C8H9B.K/c11-18(15,16)7-3-1-2-6(4-7)5-8-9(13)12-10(14)17-8;1-2-9-8-6-4-3-5-7-8;/h1-4,8H,5H2,(H3,11,12,13,14,15,16);4-7H,2H2,1H3;/q;-1;+1/p-1. The first kappa shape index (κ1) is 25.6. The molecule has 0 aliphatic carbocycles. The maximum atomic E-state index is 11.4. The van der Waals surface area contributed by atoms with Gasteiger partial charge in [0.05, 0.1) is 15.3 Å². The van der Waals surface area contributed by atoms with E-state index in [9.17, 15) is 18.0 Å². The Kier molecular flexibility index (Phi) is 11.2. The Morgan fingerprint density at radius 3 is 2.43 bits per heavy atom. The molecule has 3 rings (SSSR count). The fraction of sp³-hybridized carbons (Fsp3) is 0.222. The fourth-order valence-electron chi connectivity index (χ4n) is 2.35. The van der Waals surface area contributed by atoms with Crippen LogP contribution in [0.2, 0.25) is 6.32 Å². The summed E-state index contributed by atoms with van der Waals surface area (Å²) < 4.78 is 22.1. The van der Waals surface area contributed by atoms with Crippen LogP contribution in [0.1, 0.15) is 12.5 Å². The van der Waals surface area contributed by atoms with Gasteiger partial charge in [0.25, 0.3) is 5.24 Å². The molecule has 1 saturated heterocycles. The zero-order chi connectivity index (χ0) is 19.9. The van der Waals surface area contributed by atoms with E-state index >= 15 is 0 Å². The first-order valence-electron chi connectivity index (χ1n) is 8.19. The van der Waals surface area contributed by atoms with Gasteiger partial charge in [-0.25, -0.2) is 8.42 Å². The van der Waals surface area contributed by atoms with E-state index in [1.165, 1.54) is 23.7 Å². The van der Waals surface area contributed by atoms with Crippen molar-refractivity contribution >= 4 is 45.7 Å². The summed E-state index contributed by atoms with van der Waals surface area (Å²) in [6.07, 6.45) is 1.36. The minimum absolute atomic E-state index is 0. The van der Waals surface area contributed by atoms with Crippen LogP contribution >= 0.6 is 11.8 Å². The van der Waals surface area contributed by atoms with E-state index in [2.05, 4.69) is 37.7 Å². The molecule has 1 atom stereocenters. The molecule has 2 N–H and O–H groups in total. The average Bonchev–Trinajstić information content (AvgIpc) is 2.93. The van der Waals surface area contributed by atoms with Gasteiger partial charge in [-0.15, -0.1) is 0 Å². The van der Waals surface area contributed by atoms with Crippen LogP contribution in [0.4, 0.5) is 4.79 Å². The molecule has 10 heteroatoms. The molecule has 2 amide bonds. The third-order valence-electron chi connectivity index (χ3n) is 3.58. The third-order valence-corrected chi connectivity index (χ3v) is 5.44. The summed E-state index contributed by atoms with van der Waals surface area (Å²) in [4.78, 5) is 22.2. The van der Waals surface area contributed by atoms with Crippen LogP contribution in [0.5, 0.6) is 0 Å². The number of amides is 2. The summed E-state index contributed by atoms with van der Waals surface area (Å²) in [5, 5.41) is 8.19. The molecule has 28 heavy (non-hydrogen) atoms. The topological polar surface area (TPSA) is 104 Å². The Labute approximate surface area is 213 Å². The molecule has 6 nitrogen and oxygen atoms in total. The van der Waals surface area contributed by atoms with Gasteiger partial charge in [0, 0.05) is 4.90 Å². The van der Waals surface area contributed by atoms with Crippen LogP contribution in [0.25, 0.3) is 5.14 Å². The van der Waals surface area contributed by atoms with Gasteiger partial charge in [-0.1, -0.05) is 37.1 Å². The fourth-order valence-corrected chi connectivity index (χ4v) is 3.78. The Morgan fingerprint density at radius 2 is 1.89 bits per heavy atom.